The molecule has 3 rings (SSSR count). The molecular weight excluding hydrogens is 569 g/mol. The van der Waals surface area contributed by atoms with Crippen molar-refractivity contribution in [2.75, 3.05) is 6.61 Å². The number of unbranched alkanes of at least 4 members (excludes halogenated alkanes) is 6. The number of carbonyl (C=O) groups is 2. The fourth-order valence-electron chi connectivity index (χ4n) is 4.81. The van der Waals surface area contributed by atoms with Gasteiger partial charge >= 0.3 is 18.1 Å². The molecule has 0 aliphatic rings. The van der Waals surface area contributed by atoms with Crippen LogP contribution in [0.1, 0.15) is 99.3 Å². The lowest BCUT2D eigenvalue weighted by atomic mass is 9.97. The molecule has 3 aromatic carbocycles. The summed E-state index contributed by atoms with van der Waals surface area (Å²) in [7, 11) is 0. The van der Waals surface area contributed by atoms with E-state index in [9.17, 15) is 22.8 Å². The van der Waals surface area contributed by atoms with Crippen LogP contribution in [0.25, 0.3) is 11.1 Å². The highest BCUT2D eigenvalue weighted by atomic mass is 19.4. The summed E-state index contributed by atoms with van der Waals surface area (Å²) < 4.78 is 56.7. The van der Waals surface area contributed by atoms with E-state index in [2.05, 4.69) is 6.92 Å². The van der Waals surface area contributed by atoms with E-state index < -0.39 is 30.1 Å². The molecule has 0 amide bonds. The molecule has 3 aromatic rings. The van der Waals surface area contributed by atoms with E-state index in [0.29, 0.717) is 25.0 Å². The summed E-state index contributed by atoms with van der Waals surface area (Å²) in [6, 6.07) is 20.0. The third-order valence-electron chi connectivity index (χ3n) is 7.46. The molecular formula is C36H43F3O5. The van der Waals surface area contributed by atoms with E-state index in [1.165, 1.54) is 63.3 Å². The predicted molar refractivity (Wildman–Crippen MR) is 166 cm³/mol. The van der Waals surface area contributed by atoms with Crippen LogP contribution in [0.5, 0.6) is 11.5 Å². The maximum absolute atomic E-state index is 13.5. The number of alkyl halides is 3. The second kappa shape index (κ2) is 17.5. The highest BCUT2D eigenvalue weighted by Crippen LogP contribution is 2.32. The molecule has 0 N–H and O–H groups in total. The minimum absolute atomic E-state index is 0.0649. The Labute approximate surface area is 258 Å². The van der Waals surface area contributed by atoms with Crippen molar-refractivity contribution >= 4 is 11.9 Å². The van der Waals surface area contributed by atoms with E-state index in [1.807, 2.05) is 43.3 Å². The molecule has 0 heterocycles. The number of carbonyl (C=O) groups excluding carboxylic acids is 2. The van der Waals surface area contributed by atoms with Crippen LogP contribution in [-0.2, 0) is 4.74 Å². The molecule has 0 fully saturated rings. The van der Waals surface area contributed by atoms with Gasteiger partial charge in [0.15, 0.2) is 6.10 Å². The first-order valence-corrected chi connectivity index (χ1v) is 15.6. The van der Waals surface area contributed by atoms with Crippen LogP contribution in [0.2, 0.25) is 0 Å². The minimum Gasteiger partial charge on any atom is -0.494 e. The van der Waals surface area contributed by atoms with Gasteiger partial charge in [-0.1, -0.05) is 90.0 Å². The molecule has 0 bridgehead atoms. The Morgan fingerprint density at radius 3 is 1.75 bits per heavy atom. The first-order valence-electron chi connectivity index (χ1n) is 15.6. The molecule has 0 spiro atoms. The standard InChI is InChI=1S/C36H43F3O5/c1-4-6-8-9-10-11-25-42-31-21-17-28(18-22-31)27-13-15-29(16-14-27)34(40)43-32-23-19-30(20-24-32)35(41)44-33(36(37,38)39)26(3)12-7-5-2/h13-24,26,33H,4-12,25H2,1-3H3/t26-,33+/m0/s1. The molecule has 0 aromatic heterocycles. The summed E-state index contributed by atoms with van der Waals surface area (Å²) in [5.41, 5.74) is 2.16. The van der Waals surface area contributed by atoms with Crippen molar-refractivity contribution in [1.29, 1.82) is 0 Å². The quantitative estimate of drug-likeness (QED) is 0.0862. The monoisotopic (exact) mass is 612 g/mol. The lowest BCUT2D eigenvalue weighted by Gasteiger charge is -2.26. The summed E-state index contributed by atoms with van der Waals surface area (Å²) in [6.45, 7) is 6.23. The molecule has 2 atom stereocenters. The maximum Gasteiger partial charge on any atom is 0.425 e. The lowest BCUT2D eigenvalue weighted by Crippen LogP contribution is -2.39. The number of esters is 2. The molecule has 0 radical (unpaired) electrons. The van der Waals surface area contributed by atoms with Crippen LogP contribution in [0, 0.1) is 5.92 Å². The predicted octanol–water partition coefficient (Wildman–Crippen LogP) is 10.2. The largest absolute Gasteiger partial charge is 0.494 e. The third kappa shape index (κ3) is 11.0. The minimum atomic E-state index is -4.67. The maximum atomic E-state index is 13.5. The van der Waals surface area contributed by atoms with Crippen LogP contribution in [0.4, 0.5) is 13.2 Å². The van der Waals surface area contributed by atoms with Gasteiger partial charge in [0.05, 0.1) is 17.7 Å². The van der Waals surface area contributed by atoms with Crippen molar-refractivity contribution in [3.05, 3.63) is 83.9 Å². The zero-order chi connectivity index (χ0) is 32.0. The van der Waals surface area contributed by atoms with Gasteiger partial charge in [0.1, 0.15) is 11.5 Å². The van der Waals surface area contributed by atoms with Crippen molar-refractivity contribution in [2.45, 2.75) is 90.8 Å². The van der Waals surface area contributed by atoms with Gasteiger partial charge in [-0.25, -0.2) is 9.59 Å². The molecule has 238 valence electrons. The van der Waals surface area contributed by atoms with E-state index in [4.69, 9.17) is 14.2 Å². The molecule has 0 saturated heterocycles. The Kier molecular flexibility index (Phi) is 13.8. The number of benzene rings is 3. The summed E-state index contributed by atoms with van der Waals surface area (Å²) >= 11 is 0. The Morgan fingerprint density at radius 2 is 1.16 bits per heavy atom. The van der Waals surface area contributed by atoms with Crippen molar-refractivity contribution in [2.24, 2.45) is 5.92 Å². The number of hydrogen-bond acceptors (Lipinski definition) is 5. The lowest BCUT2D eigenvalue weighted by molar-refractivity contribution is -0.218. The van der Waals surface area contributed by atoms with Crippen molar-refractivity contribution < 1.29 is 37.0 Å². The molecule has 8 heteroatoms. The second-order valence-corrected chi connectivity index (χ2v) is 11.1. The number of rotatable bonds is 17. The summed E-state index contributed by atoms with van der Waals surface area (Å²) in [4.78, 5) is 25.2. The fourth-order valence-corrected chi connectivity index (χ4v) is 4.81. The van der Waals surface area contributed by atoms with Crippen LogP contribution in [-0.4, -0.2) is 30.8 Å². The van der Waals surface area contributed by atoms with E-state index in [-0.39, 0.29) is 11.3 Å². The Hall–Kier alpha value is -3.81. The summed E-state index contributed by atoms with van der Waals surface area (Å²) in [6.07, 6.45) is 2.07. The van der Waals surface area contributed by atoms with Gasteiger partial charge in [-0.15, -0.1) is 0 Å². The fraction of sp³-hybridized carbons (Fsp3) is 0.444. The SMILES string of the molecule is CCCCCCCCOc1ccc(-c2ccc(C(=O)Oc3ccc(C(=O)O[C@H]([C@@H](C)CCCC)C(F)(F)F)cc3)cc2)cc1. The van der Waals surface area contributed by atoms with Gasteiger partial charge in [0, 0.05) is 5.92 Å². The van der Waals surface area contributed by atoms with Gasteiger partial charge < -0.3 is 14.2 Å². The van der Waals surface area contributed by atoms with Gasteiger partial charge in [-0.2, -0.15) is 13.2 Å². The van der Waals surface area contributed by atoms with Crippen molar-refractivity contribution in [3.8, 4) is 22.6 Å². The van der Waals surface area contributed by atoms with Crippen LogP contribution in [0.3, 0.4) is 0 Å². The zero-order valence-electron chi connectivity index (χ0n) is 25.8. The smallest absolute Gasteiger partial charge is 0.425 e. The van der Waals surface area contributed by atoms with Gasteiger partial charge in [0.2, 0.25) is 0 Å². The van der Waals surface area contributed by atoms with E-state index in [0.717, 1.165) is 29.7 Å². The molecule has 0 aliphatic carbocycles. The highest BCUT2D eigenvalue weighted by Gasteiger charge is 2.46. The summed E-state index contributed by atoms with van der Waals surface area (Å²) in [5.74, 6) is -1.58. The van der Waals surface area contributed by atoms with Crippen LogP contribution < -0.4 is 9.47 Å². The topological polar surface area (TPSA) is 61.8 Å². The van der Waals surface area contributed by atoms with Crippen LogP contribution in [0.15, 0.2) is 72.8 Å². The average Bonchev–Trinajstić information content (AvgIpc) is 3.02. The highest BCUT2D eigenvalue weighted by molar-refractivity contribution is 5.92. The normalized spacial score (nSPS) is 12.8. The molecule has 5 nitrogen and oxygen atoms in total. The van der Waals surface area contributed by atoms with Crippen LogP contribution >= 0.6 is 0 Å². The Bertz CT molecular complexity index is 1290. The van der Waals surface area contributed by atoms with Gasteiger partial charge in [-0.05, 0) is 72.5 Å². The third-order valence-corrected chi connectivity index (χ3v) is 7.46. The Balaban J connectivity index is 1.51. The average molecular weight is 613 g/mol. The first kappa shape index (κ1) is 34.7. The van der Waals surface area contributed by atoms with Crippen molar-refractivity contribution in [1.82, 2.24) is 0 Å². The van der Waals surface area contributed by atoms with Gasteiger partial charge in [0.25, 0.3) is 0 Å². The molecule has 44 heavy (non-hydrogen) atoms. The molecule has 0 saturated carbocycles. The number of halogens is 3. The number of ether oxygens (including phenoxy) is 3. The zero-order valence-corrected chi connectivity index (χ0v) is 25.8. The first-order chi connectivity index (χ1) is 21.1. The Morgan fingerprint density at radius 1 is 0.659 bits per heavy atom. The molecule has 0 unspecified atom stereocenters. The van der Waals surface area contributed by atoms with Crippen molar-refractivity contribution in [3.63, 3.8) is 0 Å². The second-order valence-electron chi connectivity index (χ2n) is 11.1. The van der Waals surface area contributed by atoms with Gasteiger partial charge in [-0.3, -0.25) is 0 Å². The summed E-state index contributed by atoms with van der Waals surface area (Å²) in [5, 5.41) is 0. The van der Waals surface area contributed by atoms with E-state index >= 15 is 0 Å². The van der Waals surface area contributed by atoms with E-state index in [1.54, 1.807) is 12.1 Å². The molecule has 0 aliphatic heterocycles. The number of hydrogen-bond donors (Lipinski definition) is 0.